The Morgan fingerprint density at radius 3 is 2.88 bits per heavy atom. The van der Waals surface area contributed by atoms with Gasteiger partial charge in [0.1, 0.15) is 0 Å². The molecule has 0 radical (unpaired) electrons. The first-order valence-electron chi connectivity index (χ1n) is 5.61. The summed E-state index contributed by atoms with van der Waals surface area (Å²) in [6.07, 6.45) is 0.584. The number of carboxylic acid groups (broad SMARTS) is 1. The summed E-state index contributed by atoms with van der Waals surface area (Å²) in [5, 5.41) is 9.84. The molecule has 0 aliphatic carbocycles. The topological polar surface area (TPSA) is 79.1 Å². The second kappa shape index (κ2) is 4.59. The van der Waals surface area contributed by atoms with Crippen LogP contribution >= 0.6 is 0 Å². The van der Waals surface area contributed by atoms with Crippen molar-refractivity contribution in [2.75, 3.05) is 0 Å². The largest absolute Gasteiger partial charge is 0.481 e. The van der Waals surface area contributed by atoms with Gasteiger partial charge in [-0.1, -0.05) is 18.2 Å². The van der Waals surface area contributed by atoms with Crippen LogP contribution in [0.5, 0.6) is 0 Å². The number of nitrogens with one attached hydrogen (secondary N) is 1. The van der Waals surface area contributed by atoms with Crippen LogP contribution in [0.3, 0.4) is 0 Å². The van der Waals surface area contributed by atoms with Gasteiger partial charge in [0, 0.05) is 22.6 Å². The number of carbonyl (C=O) groups is 1. The zero-order valence-corrected chi connectivity index (χ0v) is 9.73. The van der Waals surface area contributed by atoms with Crippen LogP contribution in [-0.4, -0.2) is 22.1 Å². The van der Waals surface area contributed by atoms with Gasteiger partial charge in [-0.3, -0.25) is 4.79 Å². The monoisotopic (exact) mass is 232 g/mol. The number of fused-ring (bicyclic) bond motifs is 1. The molecule has 2 rings (SSSR count). The molecule has 17 heavy (non-hydrogen) atoms. The first-order valence-corrected chi connectivity index (χ1v) is 5.61. The molecule has 90 valence electrons. The number of aryl methyl sites for hydroxylation is 1. The smallest absolute Gasteiger partial charge is 0.304 e. The van der Waals surface area contributed by atoms with E-state index in [0.717, 1.165) is 22.2 Å². The minimum atomic E-state index is -0.852. The number of hydrogen-bond acceptors (Lipinski definition) is 2. The predicted octanol–water partition coefficient (Wildman–Crippen LogP) is 1.82. The Hall–Kier alpha value is -1.81. The molecule has 4 N–H and O–H groups in total. The Morgan fingerprint density at radius 1 is 1.47 bits per heavy atom. The number of nitrogens with two attached hydrogens (primary N) is 1. The first-order chi connectivity index (χ1) is 8.08. The summed E-state index contributed by atoms with van der Waals surface area (Å²) in [4.78, 5) is 13.9. The molecule has 4 heteroatoms. The molecule has 1 aromatic carbocycles. The van der Waals surface area contributed by atoms with Gasteiger partial charge in [0.2, 0.25) is 0 Å². The number of aromatic amines is 1. The lowest BCUT2D eigenvalue weighted by Gasteiger charge is -2.08. The SMILES string of the molecule is Cc1[nH]c2ccccc2c1CC(N)CC(=O)O. The minimum Gasteiger partial charge on any atom is -0.481 e. The number of rotatable bonds is 4. The lowest BCUT2D eigenvalue weighted by Crippen LogP contribution is -2.26. The van der Waals surface area contributed by atoms with Crippen molar-refractivity contribution in [2.45, 2.75) is 25.8 Å². The lowest BCUT2D eigenvalue weighted by molar-refractivity contribution is -0.137. The van der Waals surface area contributed by atoms with Gasteiger partial charge in [-0.2, -0.15) is 0 Å². The molecule has 0 bridgehead atoms. The molecule has 4 nitrogen and oxygen atoms in total. The summed E-state index contributed by atoms with van der Waals surface area (Å²) < 4.78 is 0. The van der Waals surface area contributed by atoms with E-state index >= 15 is 0 Å². The molecule has 1 heterocycles. The molecule has 0 saturated carbocycles. The van der Waals surface area contributed by atoms with Gasteiger partial charge < -0.3 is 15.8 Å². The van der Waals surface area contributed by atoms with Crippen molar-refractivity contribution in [3.8, 4) is 0 Å². The molecule has 2 aromatic rings. The van der Waals surface area contributed by atoms with Crippen LogP contribution in [0.2, 0.25) is 0 Å². The maximum absolute atomic E-state index is 10.6. The lowest BCUT2D eigenvalue weighted by atomic mass is 10.0. The van der Waals surface area contributed by atoms with Crippen molar-refractivity contribution in [2.24, 2.45) is 5.73 Å². The maximum Gasteiger partial charge on any atom is 0.304 e. The number of aromatic nitrogens is 1. The molecule has 0 spiro atoms. The van der Waals surface area contributed by atoms with E-state index < -0.39 is 5.97 Å². The average molecular weight is 232 g/mol. The summed E-state index contributed by atoms with van der Waals surface area (Å²) in [6, 6.07) is 7.64. The highest BCUT2D eigenvalue weighted by molar-refractivity contribution is 5.84. The van der Waals surface area contributed by atoms with Gasteiger partial charge in [0.25, 0.3) is 0 Å². The fourth-order valence-corrected chi connectivity index (χ4v) is 2.16. The van der Waals surface area contributed by atoms with Crippen LogP contribution in [-0.2, 0) is 11.2 Å². The highest BCUT2D eigenvalue weighted by Crippen LogP contribution is 2.23. The zero-order valence-electron chi connectivity index (χ0n) is 9.73. The third-order valence-electron chi connectivity index (χ3n) is 2.93. The van der Waals surface area contributed by atoms with E-state index in [9.17, 15) is 4.79 Å². The highest BCUT2D eigenvalue weighted by atomic mass is 16.4. The van der Waals surface area contributed by atoms with Crippen LogP contribution in [0.25, 0.3) is 10.9 Å². The second-order valence-electron chi connectivity index (χ2n) is 4.34. The molecule has 0 aliphatic rings. The standard InChI is InChI=1S/C13H16N2O2/c1-8-11(6-9(14)7-13(16)17)10-4-2-3-5-12(10)15-8/h2-5,9,15H,6-7,14H2,1H3,(H,16,17). The summed E-state index contributed by atoms with van der Waals surface area (Å²) in [6.45, 7) is 1.99. The molecule has 1 unspecified atom stereocenters. The molecule has 1 atom stereocenters. The summed E-state index contributed by atoms with van der Waals surface area (Å²) in [5.74, 6) is -0.852. The Morgan fingerprint density at radius 2 is 2.18 bits per heavy atom. The van der Waals surface area contributed by atoms with Gasteiger partial charge in [-0.15, -0.1) is 0 Å². The number of para-hydroxylation sites is 1. The van der Waals surface area contributed by atoms with Gasteiger partial charge in [0.15, 0.2) is 0 Å². The van der Waals surface area contributed by atoms with Gasteiger partial charge in [0.05, 0.1) is 6.42 Å². The Balaban J connectivity index is 2.29. The molecule has 0 amide bonds. The molecular formula is C13H16N2O2. The van der Waals surface area contributed by atoms with Crippen LogP contribution < -0.4 is 5.73 Å². The summed E-state index contributed by atoms with van der Waals surface area (Å²) in [5.41, 5.74) is 9.08. The first kappa shape index (κ1) is 11.7. The van der Waals surface area contributed by atoms with Crippen molar-refractivity contribution >= 4 is 16.9 Å². The fraction of sp³-hybridized carbons (Fsp3) is 0.308. The number of carboxylic acids is 1. The molecular weight excluding hydrogens is 216 g/mol. The van der Waals surface area contributed by atoms with Crippen LogP contribution in [0.1, 0.15) is 17.7 Å². The van der Waals surface area contributed by atoms with E-state index in [2.05, 4.69) is 4.98 Å². The Bertz CT molecular complexity index is 545. The van der Waals surface area contributed by atoms with Crippen molar-refractivity contribution in [3.63, 3.8) is 0 Å². The average Bonchev–Trinajstić information content (AvgIpc) is 2.55. The van der Waals surface area contributed by atoms with E-state index in [1.165, 1.54) is 0 Å². The predicted molar refractivity (Wildman–Crippen MR) is 67.0 cm³/mol. The van der Waals surface area contributed by atoms with Crippen LogP contribution in [0, 0.1) is 6.92 Å². The van der Waals surface area contributed by atoms with Crippen molar-refractivity contribution in [3.05, 3.63) is 35.5 Å². The fourth-order valence-electron chi connectivity index (χ4n) is 2.16. The minimum absolute atomic E-state index is 0.00104. The Kier molecular flexibility index (Phi) is 3.15. The van der Waals surface area contributed by atoms with Crippen molar-refractivity contribution < 1.29 is 9.90 Å². The number of benzene rings is 1. The second-order valence-corrected chi connectivity index (χ2v) is 4.34. The summed E-state index contributed by atoms with van der Waals surface area (Å²) in [7, 11) is 0. The molecule has 0 fully saturated rings. The molecule has 0 saturated heterocycles. The Labute approximate surface area is 99.4 Å². The van der Waals surface area contributed by atoms with E-state index in [-0.39, 0.29) is 12.5 Å². The molecule has 1 aromatic heterocycles. The third kappa shape index (κ3) is 2.47. The van der Waals surface area contributed by atoms with Gasteiger partial charge in [-0.25, -0.2) is 0 Å². The molecule has 0 aliphatic heterocycles. The highest BCUT2D eigenvalue weighted by Gasteiger charge is 2.14. The van der Waals surface area contributed by atoms with Gasteiger partial charge >= 0.3 is 5.97 Å². The van der Waals surface area contributed by atoms with Crippen molar-refractivity contribution in [1.82, 2.24) is 4.98 Å². The zero-order chi connectivity index (χ0) is 12.4. The normalized spacial score (nSPS) is 12.8. The van der Waals surface area contributed by atoms with Crippen molar-refractivity contribution in [1.29, 1.82) is 0 Å². The summed E-state index contributed by atoms with van der Waals surface area (Å²) >= 11 is 0. The van der Waals surface area contributed by atoms with E-state index in [1.54, 1.807) is 0 Å². The third-order valence-corrected chi connectivity index (χ3v) is 2.93. The number of hydrogen-bond donors (Lipinski definition) is 3. The quantitative estimate of drug-likeness (QED) is 0.752. The van der Waals surface area contributed by atoms with E-state index in [4.69, 9.17) is 10.8 Å². The van der Waals surface area contributed by atoms with Crippen LogP contribution in [0.15, 0.2) is 24.3 Å². The van der Waals surface area contributed by atoms with Gasteiger partial charge in [-0.05, 0) is 25.0 Å². The van der Waals surface area contributed by atoms with E-state index in [0.29, 0.717) is 6.42 Å². The maximum atomic E-state index is 10.6. The van der Waals surface area contributed by atoms with Crippen LogP contribution in [0.4, 0.5) is 0 Å². The number of aliphatic carboxylic acids is 1. The van der Waals surface area contributed by atoms with E-state index in [1.807, 2.05) is 31.2 Å². The number of H-pyrrole nitrogens is 1.